The molecule has 2 rings (SSSR count). The third kappa shape index (κ3) is 1.19. The van der Waals surface area contributed by atoms with E-state index in [9.17, 15) is 9.59 Å². The second-order valence-electron chi connectivity index (χ2n) is 2.78. The molecule has 14 heavy (non-hydrogen) atoms. The van der Waals surface area contributed by atoms with Crippen molar-refractivity contribution in [2.45, 2.75) is 0 Å². The number of H-pyrrole nitrogens is 2. The van der Waals surface area contributed by atoms with Crippen LogP contribution in [-0.2, 0) is 0 Å². The first-order valence-corrected chi connectivity index (χ1v) is 3.87. The lowest BCUT2D eigenvalue weighted by molar-refractivity contribution is 0.105. The number of fused-ring (bicyclic) bond motifs is 1. The smallest absolute Gasteiger partial charge is 0.306 e. The number of Topliss-reactive ketones (excluding diaryl/α,β-unsaturated/α-hetero) is 1. The van der Waals surface area contributed by atoms with Crippen molar-refractivity contribution >= 4 is 16.8 Å². The molecule has 0 unspecified atom stereocenters. The van der Waals surface area contributed by atoms with Crippen molar-refractivity contribution < 1.29 is 4.79 Å². The van der Waals surface area contributed by atoms with E-state index in [4.69, 9.17) is 5.26 Å². The summed E-state index contributed by atoms with van der Waals surface area (Å²) < 4.78 is 0. The van der Waals surface area contributed by atoms with Crippen LogP contribution in [0, 0.1) is 11.3 Å². The molecule has 2 N–H and O–H groups in total. The standard InChI is InChI=1S/C9H5N3O2/c10-4-8(13)5-1-2-6-7(3-5)12-9(14)11-6/h1-3H,(H2,11,12,14). The zero-order valence-electron chi connectivity index (χ0n) is 7.00. The molecule has 0 aliphatic rings. The first kappa shape index (κ1) is 8.26. The fraction of sp³-hybridized carbons (Fsp3) is 0. The van der Waals surface area contributed by atoms with Crippen molar-refractivity contribution in [2.24, 2.45) is 0 Å². The third-order valence-corrected chi connectivity index (χ3v) is 1.88. The van der Waals surface area contributed by atoms with Crippen LogP contribution in [0.5, 0.6) is 0 Å². The van der Waals surface area contributed by atoms with E-state index in [2.05, 4.69) is 9.97 Å². The number of nitrogens with one attached hydrogen (secondary N) is 2. The van der Waals surface area contributed by atoms with Gasteiger partial charge in [0.1, 0.15) is 6.07 Å². The molecule has 0 aliphatic carbocycles. The summed E-state index contributed by atoms with van der Waals surface area (Å²) in [5.74, 6) is -0.617. The van der Waals surface area contributed by atoms with Crippen LogP contribution in [0.4, 0.5) is 0 Å². The number of nitrogens with zero attached hydrogens (tertiary/aromatic N) is 1. The molecule has 0 saturated carbocycles. The van der Waals surface area contributed by atoms with Gasteiger partial charge < -0.3 is 9.97 Å². The van der Waals surface area contributed by atoms with Crippen LogP contribution in [0.3, 0.4) is 0 Å². The number of carbonyl (C=O) groups is 1. The van der Waals surface area contributed by atoms with Crippen molar-refractivity contribution in [1.82, 2.24) is 9.97 Å². The molecule has 0 spiro atoms. The van der Waals surface area contributed by atoms with Crippen LogP contribution in [0.15, 0.2) is 23.0 Å². The third-order valence-electron chi connectivity index (χ3n) is 1.88. The predicted molar refractivity (Wildman–Crippen MR) is 48.9 cm³/mol. The Balaban J connectivity index is 2.68. The molecule has 1 aromatic carbocycles. The van der Waals surface area contributed by atoms with Crippen molar-refractivity contribution in [2.75, 3.05) is 0 Å². The summed E-state index contributed by atoms with van der Waals surface area (Å²) in [6.45, 7) is 0. The van der Waals surface area contributed by atoms with Gasteiger partial charge >= 0.3 is 5.69 Å². The molecular formula is C9H5N3O2. The first-order valence-electron chi connectivity index (χ1n) is 3.87. The van der Waals surface area contributed by atoms with Crippen molar-refractivity contribution in [1.29, 1.82) is 5.26 Å². The molecule has 0 saturated heterocycles. The Morgan fingerprint density at radius 2 is 2.00 bits per heavy atom. The Hall–Kier alpha value is -2.35. The molecule has 5 nitrogen and oxygen atoms in total. The number of rotatable bonds is 1. The highest BCUT2D eigenvalue weighted by molar-refractivity contribution is 6.08. The van der Waals surface area contributed by atoms with Crippen LogP contribution >= 0.6 is 0 Å². The number of carbonyl (C=O) groups excluding carboxylic acids is 1. The maximum atomic E-state index is 11.0. The van der Waals surface area contributed by atoms with Gasteiger partial charge in [0.2, 0.25) is 0 Å². The van der Waals surface area contributed by atoms with Crippen molar-refractivity contribution in [3.63, 3.8) is 0 Å². The number of ketones is 1. The maximum absolute atomic E-state index is 11.0. The summed E-state index contributed by atoms with van der Waals surface area (Å²) >= 11 is 0. The van der Waals surface area contributed by atoms with Gasteiger partial charge in [0.05, 0.1) is 11.0 Å². The molecular weight excluding hydrogens is 182 g/mol. The maximum Gasteiger partial charge on any atom is 0.323 e. The number of hydrogen-bond donors (Lipinski definition) is 2. The van der Waals surface area contributed by atoms with Gasteiger partial charge in [-0.25, -0.2) is 4.79 Å². The van der Waals surface area contributed by atoms with E-state index in [1.165, 1.54) is 18.2 Å². The molecule has 0 atom stereocenters. The zero-order chi connectivity index (χ0) is 10.1. The Labute approximate surface area is 78.0 Å². The zero-order valence-corrected chi connectivity index (χ0v) is 7.00. The van der Waals surface area contributed by atoms with Crippen LogP contribution in [0.25, 0.3) is 11.0 Å². The summed E-state index contributed by atoms with van der Waals surface area (Å²) in [6.07, 6.45) is 0. The Morgan fingerprint density at radius 1 is 1.29 bits per heavy atom. The molecule has 68 valence electrons. The van der Waals surface area contributed by atoms with Crippen LogP contribution in [0.2, 0.25) is 0 Å². The predicted octanol–water partition coefficient (Wildman–Crippen LogP) is 0.562. The summed E-state index contributed by atoms with van der Waals surface area (Å²) in [7, 11) is 0. The average Bonchev–Trinajstić information content (AvgIpc) is 2.55. The van der Waals surface area contributed by atoms with E-state index >= 15 is 0 Å². The second kappa shape index (κ2) is 2.85. The summed E-state index contributed by atoms with van der Waals surface area (Å²) in [4.78, 5) is 26.9. The van der Waals surface area contributed by atoms with Gasteiger partial charge in [0.15, 0.2) is 0 Å². The Bertz CT molecular complexity index is 600. The Morgan fingerprint density at radius 3 is 2.71 bits per heavy atom. The van der Waals surface area contributed by atoms with Gasteiger partial charge in [-0.05, 0) is 18.2 Å². The molecule has 0 amide bonds. The van der Waals surface area contributed by atoms with Gasteiger partial charge in [-0.15, -0.1) is 0 Å². The highest BCUT2D eigenvalue weighted by Gasteiger charge is 2.05. The van der Waals surface area contributed by atoms with E-state index < -0.39 is 5.78 Å². The van der Waals surface area contributed by atoms with Crippen molar-refractivity contribution in [3.05, 3.63) is 34.2 Å². The summed E-state index contributed by atoms with van der Waals surface area (Å²) in [5.41, 5.74) is 1.08. The monoisotopic (exact) mass is 187 g/mol. The lowest BCUT2D eigenvalue weighted by atomic mass is 10.1. The van der Waals surface area contributed by atoms with Gasteiger partial charge in [-0.2, -0.15) is 5.26 Å². The normalized spacial score (nSPS) is 9.93. The number of aromatic amines is 2. The molecule has 0 radical (unpaired) electrons. The largest absolute Gasteiger partial charge is 0.323 e. The molecule has 0 aliphatic heterocycles. The van der Waals surface area contributed by atoms with E-state index in [1.807, 2.05) is 0 Å². The minimum absolute atomic E-state index is 0.273. The van der Waals surface area contributed by atoms with E-state index in [-0.39, 0.29) is 11.3 Å². The number of imidazole rings is 1. The number of nitriles is 1. The van der Waals surface area contributed by atoms with Gasteiger partial charge in [0, 0.05) is 5.56 Å². The molecule has 0 bridgehead atoms. The topological polar surface area (TPSA) is 89.5 Å². The van der Waals surface area contributed by atoms with E-state index in [0.29, 0.717) is 11.0 Å². The highest BCUT2D eigenvalue weighted by atomic mass is 16.1. The first-order chi connectivity index (χ1) is 6.70. The SMILES string of the molecule is N#CC(=O)c1ccc2[nH]c(=O)[nH]c2c1. The molecule has 5 heteroatoms. The second-order valence-corrected chi connectivity index (χ2v) is 2.78. The number of benzene rings is 1. The van der Waals surface area contributed by atoms with Crippen LogP contribution in [0.1, 0.15) is 10.4 Å². The minimum Gasteiger partial charge on any atom is -0.306 e. The molecule has 0 fully saturated rings. The highest BCUT2D eigenvalue weighted by Crippen LogP contribution is 2.10. The average molecular weight is 187 g/mol. The van der Waals surface area contributed by atoms with Gasteiger partial charge in [-0.1, -0.05) is 0 Å². The van der Waals surface area contributed by atoms with E-state index in [0.717, 1.165) is 0 Å². The quantitative estimate of drug-likeness (QED) is 0.505. The Kier molecular flexibility index (Phi) is 1.68. The summed E-state index contributed by atoms with van der Waals surface area (Å²) in [6, 6.07) is 6.06. The van der Waals surface area contributed by atoms with Crippen LogP contribution in [-0.4, -0.2) is 15.8 Å². The fourth-order valence-corrected chi connectivity index (χ4v) is 1.24. The lowest BCUT2D eigenvalue weighted by Gasteiger charge is -1.92. The number of hydrogen-bond acceptors (Lipinski definition) is 3. The van der Waals surface area contributed by atoms with Gasteiger partial charge in [-0.3, -0.25) is 4.79 Å². The summed E-state index contributed by atoms with van der Waals surface area (Å²) in [5, 5.41) is 8.39. The number of aromatic nitrogens is 2. The molecule has 1 aromatic heterocycles. The lowest BCUT2D eigenvalue weighted by Crippen LogP contribution is -1.99. The van der Waals surface area contributed by atoms with Gasteiger partial charge in [0.25, 0.3) is 5.78 Å². The molecule has 2 aromatic rings. The fourth-order valence-electron chi connectivity index (χ4n) is 1.24. The van der Waals surface area contributed by atoms with E-state index in [1.54, 1.807) is 6.07 Å². The van der Waals surface area contributed by atoms with Crippen LogP contribution < -0.4 is 5.69 Å². The molecule has 1 heterocycles. The van der Waals surface area contributed by atoms with Crippen molar-refractivity contribution in [3.8, 4) is 6.07 Å². The minimum atomic E-state index is -0.617.